The second-order valence-electron chi connectivity index (χ2n) is 5.25. The molecule has 3 N–H and O–H groups in total. The zero-order chi connectivity index (χ0) is 15.0. The normalized spacial score (nSPS) is 13.6. The minimum atomic E-state index is -0.141. The molecule has 4 heteroatoms. The molecule has 0 fully saturated rings. The van der Waals surface area contributed by atoms with Crippen LogP contribution in [0.25, 0.3) is 0 Å². The van der Waals surface area contributed by atoms with Crippen molar-refractivity contribution in [3.63, 3.8) is 0 Å². The predicted octanol–water partition coefficient (Wildman–Crippen LogP) is 3.52. The monoisotopic (exact) mass is 277 g/mol. The van der Waals surface area contributed by atoms with Gasteiger partial charge in [0.05, 0.1) is 0 Å². The third-order valence-corrected chi connectivity index (χ3v) is 3.49. The minimum Gasteiger partial charge on any atom is -0.338 e. The molecule has 0 heterocycles. The maximum absolute atomic E-state index is 11.7. The molecule has 0 radical (unpaired) electrons. The number of nitrogens with one attached hydrogen (secondary N) is 3. The summed E-state index contributed by atoms with van der Waals surface area (Å²) in [4.78, 5) is 11.7. The van der Waals surface area contributed by atoms with Gasteiger partial charge in [0.1, 0.15) is 0 Å². The van der Waals surface area contributed by atoms with Gasteiger partial charge in [-0.25, -0.2) is 4.79 Å². The van der Waals surface area contributed by atoms with Crippen LogP contribution in [0.5, 0.6) is 0 Å². The van der Waals surface area contributed by atoms with Gasteiger partial charge in [0.2, 0.25) is 0 Å². The molecular weight excluding hydrogens is 250 g/mol. The van der Waals surface area contributed by atoms with Gasteiger partial charge in [-0.1, -0.05) is 39.3 Å². The first-order valence-electron chi connectivity index (χ1n) is 7.45. The van der Waals surface area contributed by atoms with Crippen LogP contribution in [-0.4, -0.2) is 19.1 Å². The lowest BCUT2D eigenvalue weighted by Gasteiger charge is -2.14. The number of carbonyl (C=O) groups is 1. The lowest BCUT2D eigenvalue weighted by molar-refractivity contribution is 0.250. The molecule has 4 nitrogen and oxygen atoms in total. The predicted molar refractivity (Wildman–Crippen MR) is 85.0 cm³/mol. The number of carbonyl (C=O) groups excluding carboxylic acids is 1. The SMILES string of the molecule is CCNC(C)c1ccc(NC(=O)NCC(C)CC)cc1. The van der Waals surface area contributed by atoms with Crippen LogP contribution in [0.3, 0.4) is 0 Å². The Labute approximate surface area is 122 Å². The summed E-state index contributed by atoms with van der Waals surface area (Å²) < 4.78 is 0. The second kappa shape index (κ2) is 8.59. The van der Waals surface area contributed by atoms with Crippen molar-refractivity contribution in [1.29, 1.82) is 0 Å². The third-order valence-electron chi connectivity index (χ3n) is 3.49. The molecule has 0 saturated heterocycles. The molecule has 2 amide bonds. The van der Waals surface area contributed by atoms with Crippen molar-refractivity contribution in [3.8, 4) is 0 Å². The van der Waals surface area contributed by atoms with E-state index in [-0.39, 0.29) is 6.03 Å². The van der Waals surface area contributed by atoms with Crippen molar-refractivity contribution in [2.24, 2.45) is 5.92 Å². The summed E-state index contributed by atoms with van der Waals surface area (Å²) in [7, 11) is 0. The Balaban J connectivity index is 2.46. The van der Waals surface area contributed by atoms with E-state index in [1.165, 1.54) is 5.56 Å². The minimum absolute atomic E-state index is 0.141. The van der Waals surface area contributed by atoms with Gasteiger partial charge in [0, 0.05) is 18.3 Å². The van der Waals surface area contributed by atoms with Crippen molar-refractivity contribution < 1.29 is 4.79 Å². The summed E-state index contributed by atoms with van der Waals surface area (Å²) in [6.07, 6.45) is 1.07. The fourth-order valence-electron chi connectivity index (χ4n) is 1.87. The van der Waals surface area contributed by atoms with Crippen LogP contribution < -0.4 is 16.0 Å². The van der Waals surface area contributed by atoms with Crippen LogP contribution in [0, 0.1) is 5.92 Å². The van der Waals surface area contributed by atoms with Crippen molar-refractivity contribution in [2.45, 2.75) is 40.2 Å². The molecule has 0 spiro atoms. The van der Waals surface area contributed by atoms with E-state index >= 15 is 0 Å². The Bertz CT molecular complexity index is 403. The van der Waals surface area contributed by atoms with E-state index in [9.17, 15) is 4.79 Å². The quantitative estimate of drug-likeness (QED) is 0.714. The van der Waals surface area contributed by atoms with E-state index in [1.54, 1.807) is 0 Å². The largest absolute Gasteiger partial charge is 0.338 e. The van der Waals surface area contributed by atoms with Gasteiger partial charge in [-0.3, -0.25) is 0 Å². The standard InChI is InChI=1S/C16H27N3O/c1-5-12(3)11-18-16(20)19-15-9-7-14(8-10-15)13(4)17-6-2/h7-10,12-13,17H,5-6,11H2,1-4H3,(H2,18,19,20). The highest BCUT2D eigenvalue weighted by molar-refractivity contribution is 5.89. The van der Waals surface area contributed by atoms with E-state index in [1.807, 2.05) is 24.3 Å². The smallest absolute Gasteiger partial charge is 0.319 e. The average molecular weight is 277 g/mol. The first-order valence-corrected chi connectivity index (χ1v) is 7.45. The summed E-state index contributed by atoms with van der Waals surface area (Å²) in [5.74, 6) is 0.504. The molecule has 2 unspecified atom stereocenters. The van der Waals surface area contributed by atoms with Gasteiger partial charge in [0.15, 0.2) is 0 Å². The molecule has 1 aromatic rings. The van der Waals surface area contributed by atoms with Crippen LogP contribution >= 0.6 is 0 Å². The summed E-state index contributed by atoms with van der Waals surface area (Å²) in [6, 6.07) is 8.14. The number of rotatable bonds is 7. The van der Waals surface area contributed by atoms with Gasteiger partial charge in [-0.15, -0.1) is 0 Å². The number of benzene rings is 1. The number of anilines is 1. The van der Waals surface area contributed by atoms with Crippen LogP contribution in [0.15, 0.2) is 24.3 Å². The van der Waals surface area contributed by atoms with E-state index in [4.69, 9.17) is 0 Å². The highest BCUT2D eigenvalue weighted by Crippen LogP contribution is 2.15. The molecule has 1 aromatic carbocycles. The number of hydrogen-bond acceptors (Lipinski definition) is 2. The molecule has 2 atom stereocenters. The number of hydrogen-bond donors (Lipinski definition) is 3. The Hall–Kier alpha value is -1.55. The molecule has 112 valence electrons. The summed E-state index contributed by atoms with van der Waals surface area (Å²) >= 11 is 0. The second-order valence-corrected chi connectivity index (χ2v) is 5.25. The van der Waals surface area contributed by atoms with E-state index in [0.717, 1.165) is 18.7 Å². The third kappa shape index (κ3) is 5.61. The number of urea groups is 1. The average Bonchev–Trinajstić information content (AvgIpc) is 2.45. The topological polar surface area (TPSA) is 53.2 Å². The Morgan fingerprint density at radius 3 is 2.35 bits per heavy atom. The summed E-state index contributed by atoms with van der Waals surface area (Å²) in [5.41, 5.74) is 2.04. The van der Waals surface area contributed by atoms with E-state index in [0.29, 0.717) is 18.5 Å². The fraction of sp³-hybridized carbons (Fsp3) is 0.562. The molecule has 1 rings (SSSR count). The maximum atomic E-state index is 11.7. The molecule has 0 aliphatic heterocycles. The highest BCUT2D eigenvalue weighted by Gasteiger charge is 2.06. The van der Waals surface area contributed by atoms with E-state index in [2.05, 4.69) is 43.6 Å². The van der Waals surface area contributed by atoms with Crippen LogP contribution in [0.1, 0.15) is 45.7 Å². The lowest BCUT2D eigenvalue weighted by atomic mass is 10.1. The summed E-state index contributed by atoms with van der Waals surface area (Å²) in [5, 5.41) is 9.09. The van der Waals surface area contributed by atoms with Gasteiger partial charge >= 0.3 is 6.03 Å². The highest BCUT2D eigenvalue weighted by atomic mass is 16.2. The first-order chi connectivity index (χ1) is 9.56. The van der Waals surface area contributed by atoms with Gasteiger partial charge in [0.25, 0.3) is 0 Å². The van der Waals surface area contributed by atoms with Crippen molar-refractivity contribution in [1.82, 2.24) is 10.6 Å². The van der Waals surface area contributed by atoms with Crippen LogP contribution in [-0.2, 0) is 0 Å². The summed E-state index contributed by atoms with van der Waals surface area (Å²) in [6.45, 7) is 10.1. The molecular formula is C16H27N3O. The van der Waals surface area contributed by atoms with Crippen molar-refractivity contribution in [2.75, 3.05) is 18.4 Å². The Morgan fingerprint density at radius 2 is 1.80 bits per heavy atom. The van der Waals surface area contributed by atoms with E-state index < -0.39 is 0 Å². The van der Waals surface area contributed by atoms with Crippen LogP contribution in [0.2, 0.25) is 0 Å². The molecule has 0 aliphatic rings. The molecule has 0 saturated carbocycles. The van der Waals surface area contributed by atoms with Crippen molar-refractivity contribution >= 4 is 11.7 Å². The van der Waals surface area contributed by atoms with Crippen molar-refractivity contribution in [3.05, 3.63) is 29.8 Å². The molecule has 0 bridgehead atoms. The Morgan fingerprint density at radius 1 is 1.15 bits per heavy atom. The lowest BCUT2D eigenvalue weighted by Crippen LogP contribution is -2.32. The molecule has 0 aliphatic carbocycles. The molecule has 20 heavy (non-hydrogen) atoms. The van der Waals surface area contributed by atoms with Gasteiger partial charge in [-0.2, -0.15) is 0 Å². The fourth-order valence-corrected chi connectivity index (χ4v) is 1.87. The first kappa shape index (κ1) is 16.5. The van der Waals surface area contributed by atoms with Gasteiger partial charge in [-0.05, 0) is 37.1 Å². The maximum Gasteiger partial charge on any atom is 0.319 e. The molecule has 0 aromatic heterocycles. The van der Waals surface area contributed by atoms with Crippen LogP contribution in [0.4, 0.5) is 10.5 Å². The van der Waals surface area contributed by atoms with Gasteiger partial charge < -0.3 is 16.0 Å². The zero-order valence-corrected chi connectivity index (χ0v) is 13.0. The zero-order valence-electron chi connectivity index (χ0n) is 13.0. The number of amides is 2. The Kier molecular flexibility index (Phi) is 7.09.